The average Bonchev–Trinajstić information content (AvgIpc) is 3.04. The zero-order chi connectivity index (χ0) is 18.8. The molecule has 1 N–H and O–H groups in total. The molecule has 2 aromatic rings. The zero-order valence-corrected chi connectivity index (χ0v) is 15.1. The Hall–Kier alpha value is -2.87. The Balaban J connectivity index is 1.87. The standard InChI is InChI=1S/C18H17N3O4S/c1-11(22)20-8-7-12-9-13(3-5-16(12)20)19-18(23)15-10-14(26-2)4-6-17(15)21(24)25/h3-6,9-10H,7-8H2,1-2H3,(H,19,23). The molecule has 8 heteroatoms. The van der Waals surface area contributed by atoms with Crippen LogP contribution in [0.3, 0.4) is 0 Å². The monoisotopic (exact) mass is 371 g/mol. The smallest absolute Gasteiger partial charge is 0.282 e. The van der Waals surface area contributed by atoms with Crippen molar-refractivity contribution in [2.24, 2.45) is 0 Å². The van der Waals surface area contributed by atoms with Crippen LogP contribution in [0.1, 0.15) is 22.8 Å². The summed E-state index contributed by atoms with van der Waals surface area (Å²) in [5.41, 5.74) is 2.14. The van der Waals surface area contributed by atoms with E-state index >= 15 is 0 Å². The molecule has 134 valence electrons. The molecule has 7 nitrogen and oxygen atoms in total. The molecule has 0 saturated carbocycles. The highest BCUT2D eigenvalue weighted by Gasteiger charge is 2.24. The van der Waals surface area contributed by atoms with Gasteiger partial charge in [-0.05, 0) is 48.6 Å². The van der Waals surface area contributed by atoms with Gasteiger partial charge in [-0.2, -0.15) is 0 Å². The largest absolute Gasteiger partial charge is 0.322 e. The summed E-state index contributed by atoms with van der Waals surface area (Å²) in [6.07, 6.45) is 2.55. The lowest BCUT2D eigenvalue weighted by atomic mass is 10.1. The molecule has 0 bridgehead atoms. The minimum absolute atomic E-state index is 0.0210. The Morgan fingerprint density at radius 2 is 2.00 bits per heavy atom. The number of amides is 2. The van der Waals surface area contributed by atoms with E-state index in [1.54, 1.807) is 29.2 Å². The predicted octanol–water partition coefficient (Wildman–Crippen LogP) is 3.48. The lowest BCUT2D eigenvalue weighted by Gasteiger charge is -2.15. The summed E-state index contributed by atoms with van der Waals surface area (Å²) in [5, 5.41) is 13.9. The Bertz CT molecular complexity index is 913. The van der Waals surface area contributed by atoms with Crippen LogP contribution in [0.5, 0.6) is 0 Å². The van der Waals surface area contributed by atoms with Crippen molar-refractivity contribution in [2.45, 2.75) is 18.2 Å². The number of carbonyl (C=O) groups is 2. The molecular weight excluding hydrogens is 354 g/mol. The van der Waals surface area contributed by atoms with Crippen LogP contribution >= 0.6 is 11.8 Å². The van der Waals surface area contributed by atoms with Crippen molar-refractivity contribution in [3.63, 3.8) is 0 Å². The van der Waals surface area contributed by atoms with Crippen LogP contribution in [0.4, 0.5) is 17.1 Å². The second-order valence-electron chi connectivity index (χ2n) is 5.86. The van der Waals surface area contributed by atoms with Gasteiger partial charge in [0.05, 0.1) is 4.92 Å². The fourth-order valence-corrected chi connectivity index (χ4v) is 3.43. The van der Waals surface area contributed by atoms with E-state index in [4.69, 9.17) is 0 Å². The molecule has 1 aliphatic rings. The van der Waals surface area contributed by atoms with E-state index in [0.29, 0.717) is 18.7 Å². The molecule has 0 aliphatic carbocycles. The number of nitro benzene ring substituents is 1. The van der Waals surface area contributed by atoms with Gasteiger partial charge in [0.1, 0.15) is 5.56 Å². The highest BCUT2D eigenvalue weighted by atomic mass is 32.2. The molecular formula is C18H17N3O4S. The van der Waals surface area contributed by atoms with Crippen LogP contribution in [0, 0.1) is 10.1 Å². The second kappa shape index (κ2) is 7.17. The first-order valence-corrected chi connectivity index (χ1v) is 9.18. The topological polar surface area (TPSA) is 92.5 Å². The van der Waals surface area contributed by atoms with Gasteiger partial charge in [0.2, 0.25) is 5.91 Å². The molecule has 1 aliphatic heterocycles. The number of rotatable bonds is 4. The van der Waals surface area contributed by atoms with Crippen molar-refractivity contribution >= 4 is 40.6 Å². The molecule has 0 spiro atoms. The van der Waals surface area contributed by atoms with E-state index in [2.05, 4.69) is 5.32 Å². The lowest BCUT2D eigenvalue weighted by Crippen LogP contribution is -2.25. The normalized spacial score (nSPS) is 12.6. The summed E-state index contributed by atoms with van der Waals surface area (Å²) >= 11 is 1.41. The van der Waals surface area contributed by atoms with Crippen molar-refractivity contribution in [1.82, 2.24) is 0 Å². The number of nitrogens with zero attached hydrogens (tertiary/aromatic N) is 2. The van der Waals surface area contributed by atoms with Gasteiger partial charge in [0, 0.05) is 35.8 Å². The van der Waals surface area contributed by atoms with Crippen molar-refractivity contribution in [3.8, 4) is 0 Å². The van der Waals surface area contributed by atoms with E-state index in [9.17, 15) is 19.7 Å². The third-order valence-corrected chi connectivity index (χ3v) is 4.98. The quantitative estimate of drug-likeness (QED) is 0.505. The Kier molecular flexibility index (Phi) is 4.94. The third kappa shape index (κ3) is 3.41. The summed E-state index contributed by atoms with van der Waals surface area (Å²) in [7, 11) is 0. The highest BCUT2D eigenvalue weighted by molar-refractivity contribution is 7.98. The number of hydrogen-bond acceptors (Lipinski definition) is 5. The van der Waals surface area contributed by atoms with Crippen LogP contribution in [0.2, 0.25) is 0 Å². The summed E-state index contributed by atoms with van der Waals surface area (Å²) in [5.74, 6) is -0.556. The summed E-state index contributed by atoms with van der Waals surface area (Å²) < 4.78 is 0. The minimum atomic E-state index is -0.563. The Morgan fingerprint density at radius 1 is 1.23 bits per heavy atom. The molecule has 0 radical (unpaired) electrons. The van der Waals surface area contributed by atoms with E-state index in [0.717, 1.165) is 16.1 Å². The van der Waals surface area contributed by atoms with Crippen molar-refractivity contribution < 1.29 is 14.5 Å². The zero-order valence-electron chi connectivity index (χ0n) is 14.3. The molecule has 0 saturated heterocycles. The number of anilines is 2. The number of thioether (sulfide) groups is 1. The van der Waals surface area contributed by atoms with Gasteiger partial charge in [-0.1, -0.05) is 0 Å². The maximum absolute atomic E-state index is 12.6. The molecule has 2 aromatic carbocycles. The van der Waals surface area contributed by atoms with Gasteiger partial charge in [0.25, 0.3) is 11.6 Å². The van der Waals surface area contributed by atoms with Gasteiger partial charge in [0.15, 0.2) is 0 Å². The van der Waals surface area contributed by atoms with E-state index in [1.165, 1.54) is 30.8 Å². The molecule has 0 atom stereocenters. The SMILES string of the molecule is CSc1ccc([N+](=O)[O-])c(C(=O)Nc2ccc3c(c2)CCN3C(C)=O)c1. The lowest BCUT2D eigenvalue weighted by molar-refractivity contribution is -0.385. The number of hydrogen-bond donors (Lipinski definition) is 1. The van der Waals surface area contributed by atoms with Crippen LogP contribution in [-0.4, -0.2) is 29.5 Å². The molecule has 0 fully saturated rings. The molecule has 2 amide bonds. The van der Waals surface area contributed by atoms with Crippen LogP contribution in [0.15, 0.2) is 41.3 Å². The van der Waals surface area contributed by atoms with E-state index in [-0.39, 0.29) is 17.2 Å². The number of benzene rings is 2. The van der Waals surface area contributed by atoms with Gasteiger partial charge in [-0.3, -0.25) is 19.7 Å². The van der Waals surface area contributed by atoms with Gasteiger partial charge < -0.3 is 10.2 Å². The molecule has 0 aromatic heterocycles. The van der Waals surface area contributed by atoms with Gasteiger partial charge >= 0.3 is 0 Å². The Labute approximate surface area is 154 Å². The predicted molar refractivity (Wildman–Crippen MR) is 101 cm³/mol. The second-order valence-corrected chi connectivity index (χ2v) is 6.74. The number of fused-ring (bicyclic) bond motifs is 1. The molecule has 0 unspecified atom stereocenters. The third-order valence-electron chi connectivity index (χ3n) is 4.26. The first kappa shape index (κ1) is 17.9. The average molecular weight is 371 g/mol. The van der Waals surface area contributed by atoms with Crippen LogP contribution in [0.25, 0.3) is 0 Å². The number of carbonyl (C=O) groups excluding carboxylic acids is 2. The maximum atomic E-state index is 12.6. The van der Waals surface area contributed by atoms with Crippen molar-refractivity contribution in [1.29, 1.82) is 0 Å². The van der Waals surface area contributed by atoms with Gasteiger partial charge in [-0.25, -0.2) is 0 Å². The fraction of sp³-hybridized carbons (Fsp3) is 0.222. The minimum Gasteiger partial charge on any atom is -0.322 e. The Morgan fingerprint density at radius 3 is 2.65 bits per heavy atom. The molecule has 3 rings (SSSR count). The number of nitrogens with one attached hydrogen (secondary N) is 1. The number of nitro groups is 1. The fourth-order valence-electron chi connectivity index (χ4n) is 2.99. The summed E-state index contributed by atoms with van der Waals surface area (Å²) in [6, 6.07) is 9.76. The van der Waals surface area contributed by atoms with Crippen LogP contribution in [-0.2, 0) is 11.2 Å². The maximum Gasteiger partial charge on any atom is 0.282 e. The van der Waals surface area contributed by atoms with E-state index < -0.39 is 10.8 Å². The summed E-state index contributed by atoms with van der Waals surface area (Å²) in [4.78, 5) is 37.3. The molecule has 26 heavy (non-hydrogen) atoms. The van der Waals surface area contributed by atoms with Crippen molar-refractivity contribution in [2.75, 3.05) is 23.0 Å². The summed E-state index contributed by atoms with van der Waals surface area (Å²) in [6.45, 7) is 2.13. The van der Waals surface area contributed by atoms with Gasteiger partial charge in [-0.15, -0.1) is 11.8 Å². The van der Waals surface area contributed by atoms with Crippen molar-refractivity contribution in [3.05, 3.63) is 57.6 Å². The van der Waals surface area contributed by atoms with Crippen LogP contribution < -0.4 is 10.2 Å². The molecule has 1 heterocycles. The first-order valence-electron chi connectivity index (χ1n) is 7.95. The van der Waals surface area contributed by atoms with E-state index in [1.807, 2.05) is 6.26 Å². The first-order chi connectivity index (χ1) is 12.4. The highest BCUT2D eigenvalue weighted by Crippen LogP contribution is 2.31.